The van der Waals surface area contributed by atoms with Crippen molar-refractivity contribution in [3.8, 4) is 0 Å². The fourth-order valence-corrected chi connectivity index (χ4v) is 0.647. The number of aliphatic imine (C=N–C) groups is 1. The lowest BCUT2D eigenvalue weighted by Crippen LogP contribution is -2.07. The van der Waals surface area contributed by atoms with Crippen LogP contribution in [0.1, 0.15) is 33.6 Å². The minimum absolute atomic E-state index is 0.248. The average molecular weight is 217 g/mol. The molecule has 88 valence electrons. The number of hydrogen-bond acceptors (Lipinski definition) is 4. The van der Waals surface area contributed by atoms with Crippen molar-refractivity contribution in [1.82, 2.24) is 0 Å². The summed E-state index contributed by atoms with van der Waals surface area (Å²) in [5.74, 6) is 0. The van der Waals surface area contributed by atoms with Crippen LogP contribution >= 0.6 is 0 Å². The summed E-state index contributed by atoms with van der Waals surface area (Å²) in [5.41, 5.74) is -0.248. The molecule has 1 fully saturated rings. The largest absolute Gasteiger partial charge is 0.483 e. The van der Waals surface area contributed by atoms with Crippen molar-refractivity contribution in [2.45, 2.75) is 39.2 Å². The summed E-state index contributed by atoms with van der Waals surface area (Å²) in [4.78, 5) is 21.3. The van der Waals surface area contributed by atoms with Crippen LogP contribution in [0.3, 0.4) is 0 Å². The summed E-state index contributed by atoms with van der Waals surface area (Å²) in [6, 6.07) is 0. The Morgan fingerprint density at radius 2 is 1.73 bits per heavy atom. The topological polar surface area (TPSA) is 76.0 Å². The summed E-state index contributed by atoms with van der Waals surface area (Å²) in [6.07, 6.45) is 4.04. The van der Waals surface area contributed by atoms with Crippen molar-refractivity contribution < 1.29 is 19.4 Å². The highest BCUT2D eigenvalue weighted by Crippen LogP contribution is 2.02. The van der Waals surface area contributed by atoms with E-state index in [1.807, 2.05) is 20.8 Å². The fraction of sp³-hybridized carbons (Fsp3) is 0.800. The highest BCUT2D eigenvalue weighted by Gasteiger charge is 2.04. The Bertz CT molecular complexity index is 180. The lowest BCUT2D eigenvalue weighted by atomic mass is 10.1. The molecule has 0 radical (unpaired) electrons. The molecular formula is C10H19NO4. The molecule has 1 saturated heterocycles. The van der Waals surface area contributed by atoms with Gasteiger partial charge in [0.1, 0.15) is 0 Å². The minimum atomic E-state index is -0.250. The Hall–Kier alpha value is -1.19. The SMILES string of the molecule is C1CCOC1.CC(C)(C)N=C=O.O=CO. The summed E-state index contributed by atoms with van der Waals surface area (Å²) in [6.45, 7) is 7.29. The average Bonchev–Trinajstić information content (AvgIpc) is 2.59. The van der Waals surface area contributed by atoms with E-state index >= 15 is 0 Å². The predicted octanol–water partition coefficient (Wildman–Crippen LogP) is 1.62. The van der Waals surface area contributed by atoms with Gasteiger partial charge in [-0.3, -0.25) is 4.79 Å². The fourth-order valence-electron chi connectivity index (χ4n) is 0.647. The zero-order chi connectivity index (χ0) is 12.2. The predicted molar refractivity (Wildman–Crippen MR) is 56.6 cm³/mol. The standard InChI is InChI=1S/C5H9NO.C4H8O.CH2O2/c1-5(2,3)6-4-7;1-2-4-5-3-1;2-1-3/h1-3H3;1-4H2;1H,(H,2,3). The second-order valence-electron chi connectivity index (χ2n) is 3.80. The molecule has 0 aromatic rings. The van der Waals surface area contributed by atoms with Crippen LogP contribution in [-0.2, 0) is 14.3 Å². The van der Waals surface area contributed by atoms with Gasteiger partial charge in [0.25, 0.3) is 6.47 Å². The molecule has 5 nitrogen and oxygen atoms in total. The van der Waals surface area contributed by atoms with Crippen LogP contribution in [0.4, 0.5) is 0 Å². The van der Waals surface area contributed by atoms with Gasteiger partial charge in [0.2, 0.25) is 6.08 Å². The molecule has 0 bridgehead atoms. The lowest BCUT2D eigenvalue weighted by molar-refractivity contribution is -0.122. The Morgan fingerprint density at radius 3 is 1.80 bits per heavy atom. The van der Waals surface area contributed by atoms with Gasteiger partial charge < -0.3 is 9.84 Å². The zero-order valence-corrected chi connectivity index (χ0v) is 9.52. The van der Waals surface area contributed by atoms with Gasteiger partial charge in [-0.15, -0.1) is 0 Å². The van der Waals surface area contributed by atoms with E-state index < -0.39 is 0 Å². The van der Waals surface area contributed by atoms with Crippen LogP contribution in [0.2, 0.25) is 0 Å². The first kappa shape index (κ1) is 16.2. The van der Waals surface area contributed by atoms with E-state index in [-0.39, 0.29) is 12.0 Å². The van der Waals surface area contributed by atoms with Gasteiger partial charge in [-0.2, -0.15) is 0 Å². The van der Waals surface area contributed by atoms with Crippen LogP contribution in [0, 0.1) is 0 Å². The van der Waals surface area contributed by atoms with Crippen LogP contribution in [-0.4, -0.2) is 36.4 Å². The molecule has 15 heavy (non-hydrogen) atoms. The van der Waals surface area contributed by atoms with E-state index in [9.17, 15) is 4.79 Å². The molecule has 1 aliphatic rings. The van der Waals surface area contributed by atoms with Gasteiger partial charge in [0, 0.05) is 13.2 Å². The molecule has 1 rings (SSSR count). The molecular weight excluding hydrogens is 198 g/mol. The molecule has 0 aliphatic carbocycles. The number of isocyanates is 1. The maximum Gasteiger partial charge on any atom is 0.290 e. The molecule has 0 aromatic carbocycles. The van der Waals surface area contributed by atoms with Gasteiger partial charge in [-0.1, -0.05) is 0 Å². The molecule has 0 spiro atoms. The highest BCUT2D eigenvalue weighted by molar-refractivity contribution is 5.34. The molecule has 0 aromatic heterocycles. The number of nitrogens with zero attached hydrogens (tertiary/aromatic N) is 1. The Morgan fingerprint density at radius 1 is 1.33 bits per heavy atom. The van der Waals surface area contributed by atoms with E-state index in [2.05, 4.69) is 4.99 Å². The van der Waals surface area contributed by atoms with Gasteiger partial charge in [0.15, 0.2) is 0 Å². The molecule has 1 N–H and O–H groups in total. The molecule has 1 heterocycles. The third kappa shape index (κ3) is 24.5. The lowest BCUT2D eigenvalue weighted by Gasteiger charge is -2.05. The van der Waals surface area contributed by atoms with Crippen molar-refractivity contribution in [3.05, 3.63) is 0 Å². The minimum Gasteiger partial charge on any atom is -0.483 e. The molecule has 0 unspecified atom stereocenters. The van der Waals surface area contributed by atoms with Gasteiger partial charge in [-0.05, 0) is 33.6 Å². The maximum atomic E-state index is 9.53. The van der Waals surface area contributed by atoms with E-state index in [0.29, 0.717) is 0 Å². The van der Waals surface area contributed by atoms with Crippen LogP contribution in [0.5, 0.6) is 0 Å². The number of hydrogen-bond donors (Lipinski definition) is 1. The van der Waals surface area contributed by atoms with Crippen LogP contribution in [0.25, 0.3) is 0 Å². The Labute approximate surface area is 90.2 Å². The summed E-state index contributed by atoms with van der Waals surface area (Å²) in [5, 5.41) is 6.89. The number of carboxylic acid groups (broad SMARTS) is 1. The van der Waals surface area contributed by atoms with Crippen LogP contribution < -0.4 is 0 Å². The smallest absolute Gasteiger partial charge is 0.290 e. The van der Waals surface area contributed by atoms with Crippen molar-refractivity contribution in [1.29, 1.82) is 0 Å². The molecule has 5 heteroatoms. The normalized spacial score (nSPS) is 13.5. The molecule has 0 amide bonds. The second-order valence-corrected chi connectivity index (χ2v) is 3.80. The molecule has 0 saturated carbocycles. The summed E-state index contributed by atoms with van der Waals surface area (Å²) in [7, 11) is 0. The molecule has 1 aliphatic heterocycles. The van der Waals surface area contributed by atoms with Gasteiger partial charge in [-0.25, -0.2) is 9.79 Å². The number of carbonyl (C=O) groups is 1. The van der Waals surface area contributed by atoms with E-state index in [1.54, 1.807) is 0 Å². The second kappa shape index (κ2) is 10.9. The maximum absolute atomic E-state index is 9.53. The van der Waals surface area contributed by atoms with Crippen molar-refractivity contribution >= 4 is 12.6 Å². The van der Waals surface area contributed by atoms with Crippen molar-refractivity contribution in [2.75, 3.05) is 13.2 Å². The van der Waals surface area contributed by atoms with E-state index in [0.717, 1.165) is 13.2 Å². The quantitative estimate of drug-likeness (QED) is 0.380. The summed E-state index contributed by atoms with van der Waals surface area (Å²) < 4.78 is 4.94. The highest BCUT2D eigenvalue weighted by atomic mass is 16.5. The Balaban J connectivity index is 0. The van der Waals surface area contributed by atoms with E-state index in [1.165, 1.54) is 18.9 Å². The van der Waals surface area contributed by atoms with Gasteiger partial charge in [0.05, 0.1) is 5.54 Å². The number of rotatable bonds is 0. The monoisotopic (exact) mass is 217 g/mol. The summed E-state index contributed by atoms with van der Waals surface area (Å²) >= 11 is 0. The van der Waals surface area contributed by atoms with Gasteiger partial charge >= 0.3 is 0 Å². The van der Waals surface area contributed by atoms with E-state index in [4.69, 9.17) is 14.6 Å². The van der Waals surface area contributed by atoms with Crippen LogP contribution in [0.15, 0.2) is 4.99 Å². The molecule has 0 atom stereocenters. The first-order valence-electron chi connectivity index (χ1n) is 4.72. The zero-order valence-electron chi connectivity index (χ0n) is 9.52. The Kier molecular flexibility index (Phi) is 11.8. The van der Waals surface area contributed by atoms with Crippen molar-refractivity contribution in [2.24, 2.45) is 4.99 Å². The third-order valence-corrected chi connectivity index (χ3v) is 1.21. The third-order valence-electron chi connectivity index (χ3n) is 1.21. The first-order valence-corrected chi connectivity index (χ1v) is 4.72. The first-order chi connectivity index (χ1) is 6.97. The number of ether oxygens (including phenoxy) is 1. The number of carbonyl (C=O) groups excluding carboxylic acids is 1. The van der Waals surface area contributed by atoms with Crippen molar-refractivity contribution in [3.63, 3.8) is 0 Å².